The molecule has 164 valence electrons. The van der Waals surface area contributed by atoms with Gasteiger partial charge in [0.25, 0.3) is 10.0 Å². The SMILES string of the molecule is O=C(Nc1cccc(S(=O)(=O)NC2=NCCC2)c1)C1CC1c1ccccc1C(F)(F)F. The van der Waals surface area contributed by atoms with Crippen LogP contribution in [0, 0.1) is 5.92 Å². The summed E-state index contributed by atoms with van der Waals surface area (Å²) >= 11 is 0. The molecular weight excluding hydrogens is 431 g/mol. The third-order valence-corrected chi connectivity index (χ3v) is 6.71. The Balaban J connectivity index is 1.46. The van der Waals surface area contributed by atoms with Gasteiger partial charge in [0, 0.05) is 24.6 Å². The Morgan fingerprint density at radius 2 is 1.87 bits per heavy atom. The van der Waals surface area contributed by atoms with Gasteiger partial charge in [0.1, 0.15) is 5.84 Å². The fraction of sp³-hybridized carbons (Fsp3) is 0.333. The van der Waals surface area contributed by atoms with E-state index in [0.29, 0.717) is 25.2 Å². The summed E-state index contributed by atoms with van der Waals surface area (Å²) in [6.45, 7) is 0.577. The Morgan fingerprint density at radius 1 is 1.10 bits per heavy atom. The summed E-state index contributed by atoms with van der Waals surface area (Å²) in [4.78, 5) is 16.6. The van der Waals surface area contributed by atoms with Crippen LogP contribution in [0.1, 0.15) is 36.3 Å². The molecular formula is C21H20F3N3O3S. The van der Waals surface area contributed by atoms with Crippen LogP contribution in [-0.2, 0) is 21.0 Å². The van der Waals surface area contributed by atoms with Crippen LogP contribution in [0.5, 0.6) is 0 Å². The zero-order valence-electron chi connectivity index (χ0n) is 16.3. The number of alkyl halides is 3. The number of anilines is 1. The summed E-state index contributed by atoms with van der Waals surface area (Å²) in [5, 5.41) is 2.63. The molecule has 2 unspecified atom stereocenters. The van der Waals surface area contributed by atoms with Gasteiger partial charge in [-0.3, -0.25) is 14.5 Å². The molecule has 4 rings (SSSR count). The molecule has 0 spiro atoms. The number of hydrogen-bond donors (Lipinski definition) is 2. The minimum atomic E-state index is -4.49. The summed E-state index contributed by atoms with van der Waals surface area (Å²) in [5.74, 6) is -1.16. The first-order chi connectivity index (χ1) is 14.6. The molecule has 2 atom stereocenters. The molecule has 1 aliphatic heterocycles. The number of halogens is 3. The van der Waals surface area contributed by atoms with E-state index in [1.165, 1.54) is 42.5 Å². The highest BCUT2D eigenvalue weighted by atomic mass is 32.2. The molecule has 1 saturated carbocycles. The van der Waals surface area contributed by atoms with Crippen LogP contribution in [0.25, 0.3) is 0 Å². The maximum Gasteiger partial charge on any atom is 0.416 e. The van der Waals surface area contributed by atoms with Gasteiger partial charge in [-0.05, 0) is 48.6 Å². The van der Waals surface area contributed by atoms with Crippen molar-refractivity contribution in [3.63, 3.8) is 0 Å². The molecule has 1 amide bonds. The summed E-state index contributed by atoms with van der Waals surface area (Å²) in [6, 6.07) is 11.0. The number of carbonyl (C=O) groups is 1. The third kappa shape index (κ3) is 4.73. The first-order valence-corrected chi connectivity index (χ1v) is 11.3. The Hall–Kier alpha value is -2.88. The molecule has 2 N–H and O–H groups in total. The van der Waals surface area contributed by atoms with Crippen molar-refractivity contribution < 1.29 is 26.4 Å². The van der Waals surface area contributed by atoms with Crippen LogP contribution >= 0.6 is 0 Å². The van der Waals surface area contributed by atoms with Gasteiger partial charge in [-0.25, -0.2) is 8.42 Å². The van der Waals surface area contributed by atoms with E-state index >= 15 is 0 Å². The molecule has 10 heteroatoms. The first kappa shape index (κ1) is 21.4. The van der Waals surface area contributed by atoms with Crippen molar-refractivity contribution in [2.75, 3.05) is 11.9 Å². The molecule has 0 bridgehead atoms. The van der Waals surface area contributed by atoms with E-state index in [2.05, 4.69) is 15.0 Å². The standard InChI is InChI=1S/C21H20F3N3O3S/c22-21(23,24)18-8-2-1-7-15(18)16-12-17(16)20(28)26-13-5-3-6-14(11-13)31(29,30)27-19-9-4-10-25-19/h1-3,5-8,11,16-17H,4,9-10,12H2,(H,25,27)(H,26,28). The van der Waals surface area contributed by atoms with Crippen molar-refractivity contribution in [3.8, 4) is 0 Å². The van der Waals surface area contributed by atoms with Gasteiger partial charge < -0.3 is 5.32 Å². The zero-order valence-corrected chi connectivity index (χ0v) is 17.1. The lowest BCUT2D eigenvalue weighted by Crippen LogP contribution is -2.29. The number of benzene rings is 2. The maximum absolute atomic E-state index is 13.2. The fourth-order valence-electron chi connectivity index (χ4n) is 3.72. The summed E-state index contributed by atoms with van der Waals surface area (Å²) < 4.78 is 67.2. The molecule has 0 saturated heterocycles. The van der Waals surface area contributed by atoms with Gasteiger partial charge in [-0.2, -0.15) is 13.2 Å². The number of amides is 1. The van der Waals surface area contributed by atoms with E-state index in [1.54, 1.807) is 0 Å². The van der Waals surface area contributed by atoms with E-state index in [1.807, 2.05) is 0 Å². The molecule has 2 aromatic rings. The lowest BCUT2D eigenvalue weighted by atomic mass is 10.0. The third-order valence-electron chi connectivity index (χ3n) is 5.33. The zero-order chi connectivity index (χ0) is 22.2. The fourth-order valence-corrected chi connectivity index (χ4v) is 4.85. The van der Waals surface area contributed by atoms with Gasteiger partial charge in [-0.15, -0.1) is 0 Å². The molecule has 1 fully saturated rings. The highest BCUT2D eigenvalue weighted by Gasteiger charge is 2.47. The van der Waals surface area contributed by atoms with Crippen molar-refractivity contribution in [2.45, 2.75) is 36.3 Å². The second kappa shape index (κ2) is 7.99. The van der Waals surface area contributed by atoms with Crippen LogP contribution in [0.15, 0.2) is 58.4 Å². The van der Waals surface area contributed by atoms with Crippen LogP contribution < -0.4 is 10.0 Å². The topological polar surface area (TPSA) is 87.6 Å². The quantitative estimate of drug-likeness (QED) is 0.722. The monoisotopic (exact) mass is 451 g/mol. The van der Waals surface area contributed by atoms with Gasteiger partial charge >= 0.3 is 6.18 Å². The highest BCUT2D eigenvalue weighted by Crippen LogP contribution is 2.51. The van der Waals surface area contributed by atoms with E-state index in [9.17, 15) is 26.4 Å². The molecule has 2 aromatic carbocycles. The Labute approximate surface area is 177 Å². The van der Waals surface area contributed by atoms with Crippen molar-refractivity contribution in [2.24, 2.45) is 10.9 Å². The predicted octanol–water partition coefficient (Wildman–Crippen LogP) is 3.92. The minimum absolute atomic E-state index is 0.0327. The molecule has 31 heavy (non-hydrogen) atoms. The van der Waals surface area contributed by atoms with E-state index in [4.69, 9.17) is 0 Å². The van der Waals surface area contributed by atoms with Gasteiger partial charge in [0.15, 0.2) is 0 Å². The van der Waals surface area contributed by atoms with Crippen LogP contribution in [0.4, 0.5) is 18.9 Å². The molecule has 0 radical (unpaired) electrons. The smallest absolute Gasteiger partial charge is 0.326 e. The second-order valence-electron chi connectivity index (χ2n) is 7.59. The Kier molecular flexibility index (Phi) is 5.50. The summed E-state index contributed by atoms with van der Waals surface area (Å²) in [7, 11) is -3.84. The Morgan fingerprint density at radius 3 is 2.58 bits per heavy atom. The number of rotatable bonds is 5. The highest BCUT2D eigenvalue weighted by molar-refractivity contribution is 7.90. The number of hydrogen-bond acceptors (Lipinski definition) is 4. The number of carbonyl (C=O) groups excluding carboxylic acids is 1. The average molecular weight is 451 g/mol. The lowest BCUT2D eigenvalue weighted by Gasteiger charge is -2.13. The Bertz CT molecular complexity index is 1150. The minimum Gasteiger partial charge on any atom is -0.326 e. The van der Waals surface area contributed by atoms with E-state index < -0.39 is 39.5 Å². The number of nitrogens with one attached hydrogen (secondary N) is 2. The number of sulfonamides is 1. The molecule has 1 aliphatic carbocycles. The molecule has 6 nitrogen and oxygen atoms in total. The largest absolute Gasteiger partial charge is 0.416 e. The second-order valence-corrected chi connectivity index (χ2v) is 9.27. The maximum atomic E-state index is 13.2. The van der Waals surface area contributed by atoms with Crippen molar-refractivity contribution in [1.82, 2.24) is 4.72 Å². The predicted molar refractivity (Wildman–Crippen MR) is 109 cm³/mol. The van der Waals surface area contributed by atoms with E-state index in [0.717, 1.165) is 12.5 Å². The van der Waals surface area contributed by atoms with Gasteiger partial charge in [0.05, 0.1) is 10.5 Å². The lowest BCUT2D eigenvalue weighted by molar-refractivity contribution is -0.138. The normalized spacial score (nSPS) is 20.8. The first-order valence-electron chi connectivity index (χ1n) is 9.78. The number of aliphatic imine (C=N–C) groups is 1. The number of nitrogens with zero attached hydrogens (tertiary/aromatic N) is 1. The van der Waals surface area contributed by atoms with Crippen LogP contribution in [0.3, 0.4) is 0 Å². The van der Waals surface area contributed by atoms with Gasteiger partial charge in [0.2, 0.25) is 5.91 Å². The summed E-state index contributed by atoms with van der Waals surface area (Å²) in [5.41, 5.74) is -0.367. The summed E-state index contributed by atoms with van der Waals surface area (Å²) in [6.07, 6.45) is -2.84. The number of amidine groups is 1. The van der Waals surface area contributed by atoms with Gasteiger partial charge in [-0.1, -0.05) is 24.3 Å². The molecule has 1 heterocycles. The van der Waals surface area contributed by atoms with Crippen LogP contribution in [-0.4, -0.2) is 26.7 Å². The van der Waals surface area contributed by atoms with Crippen molar-refractivity contribution in [3.05, 3.63) is 59.7 Å². The van der Waals surface area contributed by atoms with Crippen LogP contribution in [0.2, 0.25) is 0 Å². The van der Waals surface area contributed by atoms with Crippen molar-refractivity contribution >= 4 is 27.5 Å². The van der Waals surface area contributed by atoms with E-state index in [-0.39, 0.29) is 16.1 Å². The molecule has 0 aromatic heterocycles. The van der Waals surface area contributed by atoms with Crippen molar-refractivity contribution in [1.29, 1.82) is 0 Å². The average Bonchev–Trinajstić information content (AvgIpc) is 3.37. The molecule has 2 aliphatic rings.